The molecule has 0 heterocycles. The molecule has 4 nitrogen and oxygen atoms in total. The first-order valence-electron chi connectivity index (χ1n) is 4.41. The van der Waals surface area contributed by atoms with Crippen LogP contribution in [0.4, 0.5) is 10.1 Å². The second-order valence-corrected chi connectivity index (χ2v) is 5.02. The monoisotopic (exact) mass is 268 g/mol. The third kappa shape index (κ3) is 4.34. The average Bonchev–Trinajstić information content (AvgIpc) is 2.10. The van der Waals surface area contributed by atoms with Gasteiger partial charge in [0.25, 0.3) is 0 Å². The Kier molecular flexibility index (Phi) is 5.71. The summed E-state index contributed by atoms with van der Waals surface area (Å²) in [7, 11) is -3.46. The fourth-order valence-electron chi connectivity index (χ4n) is 1.04. The summed E-state index contributed by atoms with van der Waals surface area (Å²) in [5.41, 5.74) is 5.81. The summed E-state index contributed by atoms with van der Waals surface area (Å²) in [5.74, 6) is -0.620. The molecule has 0 saturated carbocycles. The van der Waals surface area contributed by atoms with E-state index in [9.17, 15) is 12.8 Å². The van der Waals surface area contributed by atoms with E-state index >= 15 is 0 Å². The lowest BCUT2D eigenvalue weighted by Gasteiger charge is -2.07. The van der Waals surface area contributed by atoms with Gasteiger partial charge in [0.2, 0.25) is 10.0 Å². The van der Waals surface area contributed by atoms with Gasteiger partial charge >= 0.3 is 0 Å². The van der Waals surface area contributed by atoms with Crippen LogP contribution in [0.3, 0.4) is 0 Å². The van der Waals surface area contributed by atoms with E-state index in [0.29, 0.717) is 5.56 Å². The van der Waals surface area contributed by atoms with Crippen molar-refractivity contribution in [3.8, 4) is 0 Å². The van der Waals surface area contributed by atoms with Gasteiger partial charge in [-0.1, -0.05) is 6.07 Å². The van der Waals surface area contributed by atoms with Crippen molar-refractivity contribution in [3.63, 3.8) is 0 Å². The molecule has 0 aliphatic carbocycles. The van der Waals surface area contributed by atoms with Crippen LogP contribution < -0.4 is 10.5 Å². The van der Waals surface area contributed by atoms with Gasteiger partial charge in [-0.25, -0.2) is 12.8 Å². The average molecular weight is 269 g/mol. The lowest BCUT2D eigenvalue weighted by Crippen LogP contribution is -2.22. The third-order valence-electron chi connectivity index (χ3n) is 1.83. The van der Waals surface area contributed by atoms with Crippen molar-refractivity contribution in [1.82, 2.24) is 0 Å². The van der Waals surface area contributed by atoms with E-state index < -0.39 is 15.8 Å². The summed E-state index contributed by atoms with van der Waals surface area (Å²) >= 11 is 0. The Bertz CT molecular complexity index is 451. The maximum Gasteiger partial charge on any atom is 0.233 e. The van der Waals surface area contributed by atoms with Crippen molar-refractivity contribution < 1.29 is 12.8 Å². The molecule has 0 aliphatic heterocycles. The van der Waals surface area contributed by atoms with Gasteiger partial charge in [0, 0.05) is 6.54 Å². The van der Waals surface area contributed by atoms with Crippen LogP contribution in [0.1, 0.15) is 5.56 Å². The second kappa shape index (κ2) is 6.03. The molecular formula is C9H14ClFN2O2S. The number of benzene rings is 1. The highest BCUT2D eigenvalue weighted by Gasteiger charge is 2.09. The standard InChI is InChI=1S/C9H13FN2O2S.ClH/c1-7-2-3-8(6-9(7)10)12-15(13,14)5-4-11;/h2-3,6,12H,4-5,11H2,1H3;1H. The Balaban J connectivity index is 0.00000225. The smallest absolute Gasteiger partial charge is 0.233 e. The van der Waals surface area contributed by atoms with Gasteiger partial charge in [0.15, 0.2) is 0 Å². The number of nitrogens with two attached hydrogens (primary N) is 1. The molecule has 0 saturated heterocycles. The largest absolute Gasteiger partial charge is 0.329 e. The van der Waals surface area contributed by atoms with Gasteiger partial charge in [-0.3, -0.25) is 4.72 Å². The fourth-order valence-corrected chi connectivity index (χ4v) is 1.94. The molecule has 0 fully saturated rings. The van der Waals surface area contributed by atoms with Crippen LogP contribution in [0, 0.1) is 12.7 Å². The molecular weight excluding hydrogens is 255 g/mol. The minimum absolute atomic E-state index is 0. The summed E-state index contributed by atoms with van der Waals surface area (Å²) < 4.78 is 37.9. The van der Waals surface area contributed by atoms with E-state index in [1.165, 1.54) is 12.1 Å². The minimum Gasteiger partial charge on any atom is -0.329 e. The van der Waals surface area contributed by atoms with Crippen molar-refractivity contribution in [3.05, 3.63) is 29.6 Å². The molecule has 16 heavy (non-hydrogen) atoms. The lowest BCUT2D eigenvalue weighted by atomic mass is 10.2. The van der Waals surface area contributed by atoms with Crippen molar-refractivity contribution in [2.24, 2.45) is 5.73 Å². The number of hydrogen-bond donors (Lipinski definition) is 2. The number of nitrogens with one attached hydrogen (secondary N) is 1. The van der Waals surface area contributed by atoms with Gasteiger partial charge in [-0.15, -0.1) is 12.4 Å². The minimum atomic E-state index is -3.46. The van der Waals surface area contributed by atoms with E-state index in [0.717, 1.165) is 6.07 Å². The van der Waals surface area contributed by atoms with E-state index in [1.54, 1.807) is 6.92 Å². The zero-order valence-corrected chi connectivity index (χ0v) is 10.4. The molecule has 0 bridgehead atoms. The van der Waals surface area contributed by atoms with E-state index in [-0.39, 0.29) is 30.4 Å². The van der Waals surface area contributed by atoms with Crippen molar-refractivity contribution in [2.75, 3.05) is 17.0 Å². The topological polar surface area (TPSA) is 72.2 Å². The molecule has 0 aromatic heterocycles. The molecule has 1 aromatic rings. The summed E-state index contributed by atoms with van der Waals surface area (Å²) in [6.07, 6.45) is 0. The number of rotatable bonds is 4. The Hall–Kier alpha value is -0.850. The van der Waals surface area contributed by atoms with Gasteiger partial charge in [0.1, 0.15) is 5.82 Å². The number of aryl methyl sites for hydroxylation is 1. The van der Waals surface area contributed by atoms with Gasteiger partial charge in [-0.05, 0) is 24.6 Å². The predicted octanol–water partition coefficient (Wildman–Crippen LogP) is 1.26. The van der Waals surface area contributed by atoms with Crippen molar-refractivity contribution in [1.29, 1.82) is 0 Å². The number of sulfonamides is 1. The highest BCUT2D eigenvalue weighted by molar-refractivity contribution is 7.92. The highest BCUT2D eigenvalue weighted by atomic mass is 35.5. The Morgan fingerprint density at radius 1 is 1.44 bits per heavy atom. The quantitative estimate of drug-likeness (QED) is 0.863. The zero-order chi connectivity index (χ0) is 11.5. The molecule has 1 aromatic carbocycles. The first-order chi connectivity index (χ1) is 6.94. The molecule has 3 N–H and O–H groups in total. The molecule has 0 aliphatic rings. The molecule has 7 heteroatoms. The van der Waals surface area contributed by atoms with Crippen molar-refractivity contribution in [2.45, 2.75) is 6.92 Å². The molecule has 0 atom stereocenters. The zero-order valence-electron chi connectivity index (χ0n) is 8.73. The van der Waals surface area contributed by atoms with Crippen LogP contribution in [0.15, 0.2) is 18.2 Å². The summed E-state index contributed by atoms with van der Waals surface area (Å²) in [6, 6.07) is 4.16. The summed E-state index contributed by atoms with van der Waals surface area (Å²) in [6.45, 7) is 1.64. The summed E-state index contributed by atoms with van der Waals surface area (Å²) in [4.78, 5) is 0. The number of anilines is 1. The van der Waals surface area contributed by atoms with E-state index in [4.69, 9.17) is 5.73 Å². The van der Waals surface area contributed by atoms with Crippen LogP contribution in [-0.2, 0) is 10.0 Å². The van der Waals surface area contributed by atoms with Crippen LogP contribution in [0.25, 0.3) is 0 Å². The number of halogens is 2. The van der Waals surface area contributed by atoms with Gasteiger partial charge < -0.3 is 5.73 Å². The summed E-state index contributed by atoms with van der Waals surface area (Å²) in [5, 5.41) is 0. The highest BCUT2D eigenvalue weighted by Crippen LogP contribution is 2.14. The molecule has 1 rings (SSSR count). The van der Waals surface area contributed by atoms with Crippen LogP contribution in [0.2, 0.25) is 0 Å². The first-order valence-corrected chi connectivity index (χ1v) is 6.06. The molecule has 0 amide bonds. The molecule has 0 spiro atoms. The second-order valence-electron chi connectivity index (χ2n) is 3.17. The van der Waals surface area contributed by atoms with Crippen LogP contribution >= 0.6 is 12.4 Å². The van der Waals surface area contributed by atoms with Crippen LogP contribution in [-0.4, -0.2) is 20.7 Å². The predicted molar refractivity (Wildman–Crippen MR) is 64.8 cm³/mol. The van der Waals surface area contributed by atoms with E-state index in [2.05, 4.69) is 4.72 Å². The van der Waals surface area contributed by atoms with Crippen molar-refractivity contribution >= 4 is 28.1 Å². The van der Waals surface area contributed by atoms with Crippen LogP contribution in [0.5, 0.6) is 0 Å². The fraction of sp³-hybridized carbons (Fsp3) is 0.333. The van der Waals surface area contributed by atoms with E-state index in [1.807, 2.05) is 0 Å². The third-order valence-corrected chi connectivity index (χ3v) is 3.15. The Morgan fingerprint density at radius 2 is 2.06 bits per heavy atom. The molecule has 0 unspecified atom stereocenters. The van der Waals surface area contributed by atoms with Gasteiger partial charge in [-0.2, -0.15) is 0 Å². The normalized spacial score (nSPS) is 10.7. The maximum atomic E-state index is 13.1. The maximum absolute atomic E-state index is 13.1. The molecule has 92 valence electrons. The molecule has 0 radical (unpaired) electrons. The SMILES string of the molecule is Cc1ccc(NS(=O)(=O)CCN)cc1F.Cl. The number of hydrogen-bond acceptors (Lipinski definition) is 3. The lowest BCUT2D eigenvalue weighted by molar-refractivity contribution is 0.600. The Morgan fingerprint density at radius 3 is 2.56 bits per heavy atom. The van der Waals surface area contributed by atoms with Gasteiger partial charge in [0.05, 0.1) is 11.4 Å². The first kappa shape index (κ1) is 15.2. The Labute approximate surface area is 100 Å².